The van der Waals surface area contributed by atoms with E-state index in [1.807, 2.05) is 0 Å². The van der Waals surface area contributed by atoms with Crippen LogP contribution in [0.25, 0.3) is 0 Å². The summed E-state index contributed by atoms with van der Waals surface area (Å²) in [6.07, 6.45) is 44.8. The van der Waals surface area contributed by atoms with Crippen molar-refractivity contribution in [3.05, 3.63) is 12.2 Å². The largest absolute Gasteiger partial charge is 0.472 e. The number of aliphatic hydroxyl groups is 2. The molecule has 3 atom stereocenters. The van der Waals surface area contributed by atoms with E-state index in [0.717, 1.165) is 32.1 Å². The van der Waals surface area contributed by atoms with Crippen LogP contribution in [-0.2, 0) is 32.7 Å². The van der Waals surface area contributed by atoms with Gasteiger partial charge in [-0.15, -0.1) is 0 Å². The minimum Gasteiger partial charge on any atom is -0.462 e. The Morgan fingerprint density at radius 3 is 1.27 bits per heavy atom. The van der Waals surface area contributed by atoms with E-state index in [2.05, 4.69) is 26.0 Å². The van der Waals surface area contributed by atoms with Crippen molar-refractivity contribution in [2.24, 2.45) is 0 Å². The fourth-order valence-corrected chi connectivity index (χ4v) is 7.91. The average Bonchev–Trinajstić information content (AvgIpc) is 3.22. The maximum atomic E-state index is 12.6. The highest BCUT2D eigenvalue weighted by molar-refractivity contribution is 7.47. The third kappa shape index (κ3) is 44.6. The zero-order valence-corrected chi connectivity index (χ0v) is 39.1. The number of hydrogen-bond acceptors (Lipinski definition) is 9. The molecule has 0 rings (SSSR count). The predicted molar refractivity (Wildman–Crippen MR) is 242 cm³/mol. The summed E-state index contributed by atoms with van der Waals surface area (Å²) in [5, 5.41) is 18.4. The molecule has 0 saturated carbocycles. The van der Waals surface area contributed by atoms with Crippen LogP contribution in [0, 0.1) is 0 Å². The number of ether oxygens (including phenoxy) is 2. The molecule has 10 nitrogen and oxygen atoms in total. The lowest BCUT2D eigenvalue weighted by Crippen LogP contribution is -2.29. The van der Waals surface area contributed by atoms with E-state index in [4.69, 9.17) is 23.6 Å². The van der Waals surface area contributed by atoms with Crippen molar-refractivity contribution in [1.29, 1.82) is 0 Å². The molecule has 350 valence electrons. The van der Waals surface area contributed by atoms with Crippen molar-refractivity contribution >= 4 is 19.8 Å². The molecule has 11 heteroatoms. The van der Waals surface area contributed by atoms with Crippen molar-refractivity contribution in [1.82, 2.24) is 0 Å². The topological polar surface area (TPSA) is 149 Å². The molecule has 0 spiro atoms. The third-order valence-electron chi connectivity index (χ3n) is 10.9. The average molecular weight is 861 g/mol. The van der Waals surface area contributed by atoms with Crippen LogP contribution < -0.4 is 0 Å². The fraction of sp³-hybridized carbons (Fsp3) is 0.917. The molecule has 0 aromatic heterocycles. The van der Waals surface area contributed by atoms with E-state index >= 15 is 0 Å². The van der Waals surface area contributed by atoms with Crippen molar-refractivity contribution in [3.8, 4) is 0 Å². The van der Waals surface area contributed by atoms with Crippen molar-refractivity contribution in [3.63, 3.8) is 0 Å². The van der Waals surface area contributed by atoms with Gasteiger partial charge in [0.15, 0.2) is 6.10 Å². The summed E-state index contributed by atoms with van der Waals surface area (Å²) in [4.78, 5) is 35.0. The number of unbranched alkanes of at least 4 members (excludes halogenated alkanes) is 31. The summed E-state index contributed by atoms with van der Waals surface area (Å²) in [7, 11) is -4.62. The highest BCUT2D eigenvalue weighted by Crippen LogP contribution is 2.43. The minimum absolute atomic E-state index is 0.142. The summed E-state index contributed by atoms with van der Waals surface area (Å²) < 4.78 is 32.8. The number of hydrogen-bond donors (Lipinski definition) is 3. The van der Waals surface area contributed by atoms with Crippen LogP contribution in [0.15, 0.2) is 12.2 Å². The van der Waals surface area contributed by atoms with Gasteiger partial charge in [-0.05, 0) is 32.1 Å². The number of carbonyl (C=O) groups is 2. The Hall–Kier alpha value is -1.29. The molecule has 0 amide bonds. The van der Waals surface area contributed by atoms with E-state index in [-0.39, 0.29) is 19.4 Å². The molecule has 0 fully saturated rings. The lowest BCUT2D eigenvalue weighted by atomic mass is 10.0. The van der Waals surface area contributed by atoms with Gasteiger partial charge in [-0.1, -0.05) is 212 Å². The van der Waals surface area contributed by atoms with Crippen molar-refractivity contribution in [2.75, 3.05) is 26.4 Å². The first-order valence-electron chi connectivity index (χ1n) is 24.6. The summed E-state index contributed by atoms with van der Waals surface area (Å²) >= 11 is 0. The van der Waals surface area contributed by atoms with Gasteiger partial charge in [-0.2, -0.15) is 0 Å². The second kappa shape index (κ2) is 44.8. The second-order valence-corrected chi connectivity index (χ2v) is 18.3. The second-order valence-electron chi connectivity index (χ2n) is 16.8. The number of phosphoric acid groups is 1. The van der Waals surface area contributed by atoms with E-state index in [1.54, 1.807) is 0 Å². The van der Waals surface area contributed by atoms with Gasteiger partial charge >= 0.3 is 19.8 Å². The highest BCUT2D eigenvalue weighted by Gasteiger charge is 2.27. The first-order valence-corrected chi connectivity index (χ1v) is 26.1. The van der Waals surface area contributed by atoms with Gasteiger partial charge in [0.2, 0.25) is 0 Å². The summed E-state index contributed by atoms with van der Waals surface area (Å²) in [6.45, 7) is 2.40. The maximum absolute atomic E-state index is 12.6. The molecule has 0 aliphatic carbocycles. The molecule has 3 N–H and O–H groups in total. The summed E-state index contributed by atoms with van der Waals surface area (Å²) in [5.41, 5.74) is 0. The van der Waals surface area contributed by atoms with E-state index in [1.165, 1.54) is 173 Å². The third-order valence-corrected chi connectivity index (χ3v) is 11.9. The van der Waals surface area contributed by atoms with Crippen LogP contribution in [0.1, 0.15) is 245 Å². The van der Waals surface area contributed by atoms with Crippen LogP contribution in [0.3, 0.4) is 0 Å². The van der Waals surface area contributed by atoms with Gasteiger partial charge in [0, 0.05) is 12.8 Å². The van der Waals surface area contributed by atoms with Crippen LogP contribution in [0.5, 0.6) is 0 Å². The predicted octanol–water partition coefficient (Wildman–Crippen LogP) is 13.6. The molecule has 59 heavy (non-hydrogen) atoms. The van der Waals surface area contributed by atoms with Gasteiger partial charge in [-0.3, -0.25) is 18.6 Å². The maximum Gasteiger partial charge on any atom is 0.472 e. The number of allylic oxidation sites excluding steroid dienone is 2. The zero-order valence-electron chi connectivity index (χ0n) is 38.2. The van der Waals surface area contributed by atoms with Gasteiger partial charge in [0.05, 0.1) is 19.8 Å². The molecule has 0 radical (unpaired) electrons. The first kappa shape index (κ1) is 57.7. The Kier molecular flexibility index (Phi) is 43.8. The van der Waals surface area contributed by atoms with Gasteiger partial charge in [-0.25, -0.2) is 4.57 Å². The molecule has 0 aliphatic heterocycles. The molecular weight excluding hydrogens is 767 g/mol. The Morgan fingerprint density at radius 1 is 0.492 bits per heavy atom. The number of carbonyl (C=O) groups excluding carboxylic acids is 2. The molecule has 0 bridgehead atoms. The van der Waals surface area contributed by atoms with E-state index in [0.29, 0.717) is 12.8 Å². The van der Waals surface area contributed by atoms with Crippen LogP contribution in [0.2, 0.25) is 0 Å². The van der Waals surface area contributed by atoms with Crippen LogP contribution in [-0.4, -0.2) is 65.7 Å². The molecular formula is C48H93O10P. The number of phosphoric ester groups is 1. The molecule has 0 saturated heterocycles. The molecule has 0 aliphatic rings. The number of rotatable bonds is 47. The molecule has 0 aromatic carbocycles. The monoisotopic (exact) mass is 861 g/mol. The smallest absolute Gasteiger partial charge is 0.462 e. The molecule has 0 heterocycles. The normalized spacial score (nSPS) is 13.8. The zero-order chi connectivity index (χ0) is 43.3. The highest BCUT2D eigenvalue weighted by atomic mass is 31.2. The Balaban J connectivity index is 4.16. The first-order chi connectivity index (χ1) is 28.7. The van der Waals surface area contributed by atoms with E-state index < -0.39 is 51.8 Å². The standard InChI is InChI=1S/C48H93O10P/c1-3-5-7-9-11-13-15-17-18-19-20-21-22-23-24-25-26-28-30-32-34-36-38-40-48(52)58-46(44-57-59(53,54)56-42-45(50)41-49)43-55-47(51)39-37-35-33-31-29-27-16-14-12-10-8-6-4-2/h32,34,45-46,49-50H,3-31,33,35-44H2,1-2H3,(H,53,54)/b34-32+/t45-,46+/m0/s1. The number of esters is 2. The number of aliphatic hydroxyl groups excluding tert-OH is 2. The Labute approximate surface area is 362 Å². The SMILES string of the molecule is CCCCCCCCCCCCCCCCCCCC/C=C/CCCC(=O)O[C@H](COC(=O)CCCCCCCCCCCCCCC)COP(=O)(O)OC[C@@H](O)CO. The Morgan fingerprint density at radius 2 is 0.847 bits per heavy atom. The summed E-state index contributed by atoms with van der Waals surface area (Å²) in [5.74, 6) is -0.948. The van der Waals surface area contributed by atoms with E-state index in [9.17, 15) is 24.2 Å². The summed E-state index contributed by atoms with van der Waals surface area (Å²) in [6, 6.07) is 0. The minimum atomic E-state index is -4.62. The van der Waals surface area contributed by atoms with Crippen molar-refractivity contribution in [2.45, 2.75) is 257 Å². The molecule has 0 aromatic rings. The lowest BCUT2D eigenvalue weighted by molar-refractivity contribution is -0.161. The van der Waals surface area contributed by atoms with Crippen LogP contribution in [0.4, 0.5) is 0 Å². The van der Waals surface area contributed by atoms with Gasteiger partial charge < -0.3 is 24.6 Å². The van der Waals surface area contributed by atoms with Crippen molar-refractivity contribution < 1.29 is 47.8 Å². The fourth-order valence-electron chi connectivity index (χ4n) is 7.12. The van der Waals surface area contributed by atoms with Gasteiger partial charge in [0.1, 0.15) is 12.7 Å². The van der Waals surface area contributed by atoms with Gasteiger partial charge in [0.25, 0.3) is 0 Å². The molecule has 1 unspecified atom stereocenters. The quantitative estimate of drug-likeness (QED) is 0.0234. The lowest BCUT2D eigenvalue weighted by Gasteiger charge is -2.20. The van der Waals surface area contributed by atoms with Crippen LogP contribution >= 0.6 is 7.82 Å². The Bertz CT molecular complexity index is 993.